The standard InChI is InChI=1S/C16H12N4OS/c1-10-6-7-20-9-12(17-14(20)8-10)15(21)19-16-18-11-4-2-3-5-13(11)22-16/h2-9H,1H3,(H,18,19,21). The summed E-state index contributed by atoms with van der Waals surface area (Å²) in [5, 5.41) is 3.40. The number of pyridine rings is 1. The summed E-state index contributed by atoms with van der Waals surface area (Å²) in [6.45, 7) is 2.00. The fourth-order valence-corrected chi connectivity index (χ4v) is 3.14. The van der Waals surface area contributed by atoms with Crippen LogP contribution in [0.5, 0.6) is 0 Å². The van der Waals surface area contributed by atoms with Crippen LogP contribution in [-0.2, 0) is 0 Å². The SMILES string of the molecule is Cc1ccn2cc(C(=O)Nc3nc4ccccc4s3)nc2c1. The van der Waals surface area contributed by atoms with Crippen molar-refractivity contribution in [1.82, 2.24) is 14.4 Å². The molecule has 4 rings (SSSR count). The molecule has 22 heavy (non-hydrogen) atoms. The number of anilines is 1. The largest absolute Gasteiger partial charge is 0.306 e. The number of aromatic nitrogens is 3. The molecule has 0 aliphatic heterocycles. The molecule has 6 heteroatoms. The van der Waals surface area contributed by atoms with E-state index in [2.05, 4.69) is 15.3 Å². The fourth-order valence-electron chi connectivity index (χ4n) is 2.28. The first kappa shape index (κ1) is 13.0. The summed E-state index contributed by atoms with van der Waals surface area (Å²) in [7, 11) is 0. The van der Waals surface area contributed by atoms with Crippen molar-refractivity contribution in [2.24, 2.45) is 0 Å². The molecule has 0 bridgehead atoms. The molecule has 3 aromatic heterocycles. The van der Waals surface area contributed by atoms with Gasteiger partial charge < -0.3 is 4.40 Å². The van der Waals surface area contributed by atoms with E-state index >= 15 is 0 Å². The molecule has 0 aliphatic carbocycles. The molecule has 3 heterocycles. The smallest absolute Gasteiger partial charge is 0.277 e. The summed E-state index contributed by atoms with van der Waals surface area (Å²) in [4.78, 5) is 21.1. The topological polar surface area (TPSA) is 59.3 Å². The maximum atomic E-state index is 12.3. The Bertz CT molecular complexity index is 969. The normalized spacial score (nSPS) is 11.1. The van der Waals surface area contributed by atoms with Gasteiger partial charge in [-0.25, -0.2) is 9.97 Å². The van der Waals surface area contributed by atoms with Gasteiger partial charge in [0.1, 0.15) is 11.3 Å². The van der Waals surface area contributed by atoms with Crippen LogP contribution in [0.1, 0.15) is 16.1 Å². The van der Waals surface area contributed by atoms with Gasteiger partial charge >= 0.3 is 0 Å². The van der Waals surface area contributed by atoms with Crippen LogP contribution in [-0.4, -0.2) is 20.3 Å². The number of carbonyl (C=O) groups excluding carboxylic acids is 1. The quantitative estimate of drug-likeness (QED) is 0.616. The first-order chi connectivity index (χ1) is 10.7. The molecule has 0 atom stereocenters. The van der Waals surface area contributed by atoms with Crippen molar-refractivity contribution in [3.05, 3.63) is 60.0 Å². The van der Waals surface area contributed by atoms with Gasteiger partial charge in [-0.15, -0.1) is 0 Å². The van der Waals surface area contributed by atoms with Crippen LogP contribution in [0.3, 0.4) is 0 Å². The third-order valence-electron chi connectivity index (χ3n) is 3.36. The van der Waals surface area contributed by atoms with Crippen molar-refractivity contribution in [3.63, 3.8) is 0 Å². The van der Waals surface area contributed by atoms with Gasteiger partial charge in [0, 0.05) is 12.4 Å². The molecule has 0 saturated carbocycles. The summed E-state index contributed by atoms with van der Waals surface area (Å²) in [5.41, 5.74) is 3.13. The van der Waals surface area contributed by atoms with Crippen molar-refractivity contribution in [2.75, 3.05) is 5.32 Å². The fraction of sp³-hybridized carbons (Fsp3) is 0.0625. The van der Waals surface area contributed by atoms with E-state index in [0.717, 1.165) is 21.4 Å². The predicted octanol–water partition coefficient (Wildman–Crippen LogP) is 3.50. The van der Waals surface area contributed by atoms with Gasteiger partial charge in [0.05, 0.1) is 10.2 Å². The van der Waals surface area contributed by atoms with E-state index in [-0.39, 0.29) is 5.91 Å². The zero-order valence-corrected chi connectivity index (χ0v) is 12.6. The number of benzene rings is 1. The van der Waals surface area contributed by atoms with E-state index in [0.29, 0.717) is 10.8 Å². The van der Waals surface area contributed by atoms with Crippen molar-refractivity contribution < 1.29 is 4.79 Å². The molecule has 0 aliphatic rings. The Kier molecular flexibility index (Phi) is 2.90. The molecule has 108 valence electrons. The lowest BCUT2D eigenvalue weighted by atomic mass is 10.3. The number of thiazole rings is 1. The van der Waals surface area contributed by atoms with Gasteiger partial charge in [-0.3, -0.25) is 10.1 Å². The zero-order valence-electron chi connectivity index (χ0n) is 11.8. The molecule has 4 aromatic rings. The van der Waals surface area contributed by atoms with E-state index < -0.39 is 0 Å². The Morgan fingerprint density at radius 1 is 1.23 bits per heavy atom. The van der Waals surface area contributed by atoms with Crippen LogP contribution in [0.15, 0.2) is 48.8 Å². The molecule has 1 aromatic carbocycles. The zero-order chi connectivity index (χ0) is 15.1. The van der Waals surface area contributed by atoms with Gasteiger partial charge in [0.15, 0.2) is 5.13 Å². The van der Waals surface area contributed by atoms with Crippen LogP contribution in [0, 0.1) is 6.92 Å². The van der Waals surface area contributed by atoms with Gasteiger partial charge in [-0.1, -0.05) is 23.5 Å². The second-order valence-corrected chi connectivity index (χ2v) is 6.07. The molecule has 0 fully saturated rings. The number of nitrogens with zero attached hydrogens (tertiary/aromatic N) is 3. The third kappa shape index (κ3) is 2.23. The summed E-state index contributed by atoms with van der Waals surface area (Å²) in [6.07, 6.45) is 3.61. The van der Waals surface area contributed by atoms with E-state index in [1.807, 2.05) is 53.9 Å². The minimum absolute atomic E-state index is 0.250. The molecule has 5 nitrogen and oxygen atoms in total. The molecular weight excluding hydrogens is 296 g/mol. The van der Waals surface area contributed by atoms with Gasteiger partial charge in [-0.2, -0.15) is 0 Å². The minimum Gasteiger partial charge on any atom is -0.306 e. The van der Waals surface area contributed by atoms with Crippen molar-refractivity contribution in [3.8, 4) is 0 Å². The Morgan fingerprint density at radius 2 is 2.09 bits per heavy atom. The summed E-state index contributed by atoms with van der Waals surface area (Å²) in [5.74, 6) is -0.250. The number of rotatable bonds is 2. The van der Waals surface area contributed by atoms with E-state index in [1.54, 1.807) is 6.20 Å². The van der Waals surface area contributed by atoms with Gasteiger partial charge in [0.2, 0.25) is 0 Å². The third-order valence-corrected chi connectivity index (χ3v) is 4.31. The molecule has 1 N–H and O–H groups in total. The first-order valence-corrected chi connectivity index (χ1v) is 7.63. The second kappa shape index (κ2) is 4.92. The number of nitrogens with one attached hydrogen (secondary N) is 1. The van der Waals surface area contributed by atoms with Crippen LogP contribution < -0.4 is 5.32 Å². The van der Waals surface area contributed by atoms with Crippen LogP contribution >= 0.6 is 11.3 Å². The Labute approximate surface area is 130 Å². The molecule has 0 unspecified atom stereocenters. The minimum atomic E-state index is -0.250. The van der Waals surface area contributed by atoms with Gasteiger partial charge in [-0.05, 0) is 36.8 Å². The molecule has 0 radical (unpaired) electrons. The average molecular weight is 308 g/mol. The maximum Gasteiger partial charge on any atom is 0.277 e. The van der Waals surface area contributed by atoms with Crippen LogP contribution in [0.2, 0.25) is 0 Å². The Morgan fingerprint density at radius 3 is 2.95 bits per heavy atom. The molecule has 0 spiro atoms. The van der Waals surface area contributed by atoms with Crippen molar-refractivity contribution >= 4 is 38.2 Å². The van der Waals surface area contributed by atoms with E-state index in [9.17, 15) is 4.79 Å². The number of carbonyl (C=O) groups is 1. The van der Waals surface area contributed by atoms with Crippen molar-refractivity contribution in [1.29, 1.82) is 0 Å². The monoisotopic (exact) mass is 308 g/mol. The number of fused-ring (bicyclic) bond motifs is 2. The molecule has 1 amide bonds. The highest BCUT2D eigenvalue weighted by Crippen LogP contribution is 2.25. The average Bonchev–Trinajstić information content (AvgIpc) is 3.09. The van der Waals surface area contributed by atoms with Crippen LogP contribution in [0.25, 0.3) is 15.9 Å². The van der Waals surface area contributed by atoms with Crippen molar-refractivity contribution in [2.45, 2.75) is 6.92 Å². The lowest BCUT2D eigenvalue weighted by molar-refractivity contribution is 0.102. The maximum absolute atomic E-state index is 12.3. The number of hydrogen-bond acceptors (Lipinski definition) is 4. The number of imidazole rings is 1. The number of amides is 1. The Balaban J connectivity index is 1.65. The highest BCUT2D eigenvalue weighted by atomic mass is 32.1. The highest BCUT2D eigenvalue weighted by Gasteiger charge is 2.13. The first-order valence-electron chi connectivity index (χ1n) is 6.81. The lowest BCUT2D eigenvalue weighted by Gasteiger charge is -1.96. The summed E-state index contributed by atoms with van der Waals surface area (Å²) < 4.78 is 2.88. The molecular formula is C16H12N4OS. The number of hydrogen-bond donors (Lipinski definition) is 1. The number of para-hydroxylation sites is 1. The Hall–Kier alpha value is -2.73. The number of aryl methyl sites for hydroxylation is 1. The second-order valence-electron chi connectivity index (χ2n) is 5.04. The summed E-state index contributed by atoms with van der Waals surface area (Å²) in [6, 6.07) is 11.7. The predicted molar refractivity (Wildman–Crippen MR) is 87.5 cm³/mol. The highest BCUT2D eigenvalue weighted by molar-refractivity contribution is 7.22. The molecule has 0 saturated heterocycles. The lowest BCUT2D eigenvalue weighted by Crippen LogP contribution is -2.11. The van der Waals surface area contributed by atoms with E-state index in [4.69, 9.17) is 0 Å². The van der Waals surface area contributed by atoms with E-state index in [1.165, 1.54) is 11.3 Å². The summed E-state index contributed by atoms with van der Waals surface area (Å²) >= 11 is 1.45. The van der Waals surface area contributed by atoms with Gasteiger partial charge in [0.25, 0.3) is 5.91 Å². The van der Waals surface area contributed by atoms with Crippen LogP contribution in [0.4, 0.5) is 5.13 Å².